The number of aromatic nitrogens is 2. The van der Waals surface area contributed by atoms with Crippen molar-refractivity contribution in [3.05, 3.63) is 63.8 Å². The van der Waals surface area contributed by atoms with Gasteiger partial charge in [0.2, 0.25) is 0 Å². The predicted molar refractivity (Wildman–Crippen MR) is 107 cm³/mol. The highest BCUT2D eigenvalue weighted by atomic mass is 16.5. The van der Waals surface area contributed by atoms with Gasteiger partial charge >= 0.3 is 0 Å². The fraction of sp³-hybridized carbons (Fsp3) is 0.545. The van der Waals surface area contributed by atoms with Crippen molar-refractivity contribution in [2.75, 3.05) is 33.4 Å². The van der Waals surface area contributed by atoms with Gasteiger partial charge in [0, 0.05) is 56.1 Å². The van der Waals surface area contributed by atoms with Crippen LogP contribution in [0.2, 0.25) is 0 Å². The van der Waals surface area contributed by atoms with Gasteiger partial charge in [-0.05, 0) is 37.6 Å². The largest absolute Gasteiger partial charge is 0.378 e. The molecule has 2 aromatic rings. The lowest BCUT2D eigenvalue weighted by atomic mass is 9.82. The Morgan fingerprint density at radius 1 is 1.14 bits per heavy atom. The molecule has 6 heteroatoms. The summed E-state index contributed by atoms with van der Waals surface area (Å²) >= 11 is 0. The fourth-order valence-corrected chi connectivity index (χ4v) is 5.00. The Kier molecular flexibility index (Phi) is 4.78. The number of nitrogens with zero attached hydrogens (tertiary/aromatic N) is 4. The fourth-order valence-electron chi connectivity index (χ4n) is 5.00. The summed E-state index contributed by atoms with van der Waals surface area (Å²) in [6, 6.07) is 10.8. The van der Waals surface area contributed by atoms with Gasteiger partial charge in [0.25, 0.3) is 5.56 Å². The molecule has 148 valence electrons. The van der Waals surface area contributed by atoms with Crippen LogP contribution in [0.3, 0.4) is 0 Å². The Morgan fingerprint density at radius 2 is 2.04 bits per heavy atom. The number of hydrogen-bond donors (Lipinski definition) is 0. The first kappa shape index (κ1) is 18.0. The molecule has 5 heterocycles. The van der Waals surface area contributed by atoms with E-state index in [-0.39, 0.29) is 5.56 Å². The van der Waals surface area contributed by atoms with E-state index >= 15 is 0 Å². The lowest BCUT2D eigenvalue weighted by Crippen LogP contribution is -2.56. The van der Waals surface area contributed by atoms with E-state index in [1.54, 1.807) is 0 Å². The molecular formula is C22H28N4O2. The summed E-state index contributed by atoms with van der Waals surface area (Å²) in [5.74, 6) is 1.05. The van der Waals surface area contributed by atoms with E-state index < -0.39 is 0 Å². The van der Waals surface area contributed by atoms with Crippen LogP contribution in [0.25, 0.3) is 0 Å². The zero-order valence-corrected chi connectivity index (χ0v) is 16.5. The maximum absolute atomic E-state index is 13.2. The van der Waals surface area contributed by atoms with Crippen molar-refractivity contribution in [3.8, 4) is 0 Å². The third-order valence-electron chi connectivity index (χ3n) is 6.45. The second-order valence-corrected chi connectivity index (χ2v) is 8.64. The Hall–Kier alpha value is -2.02. The molecular weight excluding hydrogens is 352 g/mol. The van der Waals surface area contributed by atoms with E-state index in [9.17, 15) is 4.79 Å². The number of rotatable bonds is 5. The summed E-state index contributed by atoms with van der Waals surface area (Å²) in [6.07, 6.45) is 3.02. The molecule has 28 heavy (non-hydrogen) atoms. The smallest absolute Gasteiger partial charge is 0.255 e. The predicted octanol–water partition coefficient (Wildman–Crippen LogP) is 1.69. The first-order valence-electron chi connectivity index (χ1n) is 10.3. The number of likely N-dealkylation sites (tertiary alicyclic amines) is 1. The van der Waals surface area contributed by atoms with Crippen molar-refractivity contribution in [3.63, 3.8) is 0 Å². The average molecular weight is 380 g/mol. The maximum atomic E-state index is 13.2. The van der Waals surface area contributed by atoms with E-state index in [0.29, 0.717) is 24.4 Å². The van der Waals surface area contributed by atoms with Crippen LogP contribution in [0.15, 0.2) is 41.3 Å². The van der Waals surface area contributed by atoms with Crippen LogP contribution in [0.5, 0.6) is 0 Å². The topological polar surface area (TPSA) is 50.6 Å². The van der Waals surface area contributed by atoms with Crippen molar-refractivity contribution < 1.29 is 4.74 Å². The molecule has 0 aromatic carbocycles. The van der Waals surface area contributed by atoms with Crippen LogP contribution in [-0.2, 0) is 24.4 Å². The second kappa shape index (κ2) is 7.43. The zero-order chi connectivity index (χ0) is 19.1. The molecule has 0 aliphatic carbocycles. The number of pyridine rings is 2. The van der Waals surface area contributed by atoms with E-state index in [1.165, 1.54) is 12.1 Å². The van der Waals surface area contributed by atoms with Crippen molar-refractivity contribution in [1.29, 1.82) is 0 Å². The third kappa shape index (κ3) is 3.41. The van der Waals surface area contributed by atoms with Gasteiger partial charge < -0.3 is 9.30 Å². The van der Waals surface area contributed by atoms with Gasteiger partial charge in [-0.1, -0.05) is 12.1 Å². The molecule has 0 spiro atoms. The third-order valence-corrected chi connectivity index (χ3v) is 6.45. The standard InChI is InChI=1S/C22H28N4O2/c1-24(13-19-4-2-3-7-23-19)11-17-5-6-21-18-8-16(10-26(21)22(17)27)9-25(12-18)20-14-28-15-20/h2-7,16,18,20H,8-15H2,1H3/t16-,18+/m0/s1. The highest BCUT2D eigenvalue weighted by Crippen LogP contribution is 2.36. The summed E-state index contributed by atoms with van der Waals surface area (Å²) in [5.41, 5.74) is 3.33. The summed E-state index contributed by atoms with van der Waals surface area (Å²) in [4.78, 5) is 22.3. The van der Waals surface area contributed by atoms with E-state index in [2.05, 4.69) is 31.5 Å². The minimum absolute atomic E-state index is 0.195. The number of fused-ring (bicyclic) bond motifs is 4. The van der Waals surface area contributed by atoms with E-state index in [4.69, 9.17) is 4.74 Å². The van der Waals surface area contributed by atoms with Gasteiger partial charge in [-0.15, -0.1) is 0 Å². The molecule has 3 aliphatic rings. The minimum Gasteiger partial charge on any atom is -0.378 e. The van der Waals surface area contributed by atoms with Crippen LogP contribution >= 0.6 is 0 Å². The summed E-state index contributed by atoms with van der Waals surface area (Å²) in [5, 5.41) is 0. The molecule has 0 radical (unpaired) electrons. The Balaban J connectivity index is 1.33. The highest BCUT2D eigenvalue weighted by molar-refractivity contribution is 5.22. The van der Waals surface area contributed by atoms with Gasteiger partial charge in [0.1, 0.15) is 0 Å². The number of ether oxygens (including phenoxy) is 1. The molecule has 6 nitrogen and oxygen atoms in total. The van der Waals surface area contributed by atoms with Gasteiger partial charge in [0.15, 0.2) is 0 Å². The summed E-state index contributed by atoms with van der Waals surface area (Å²) < 4.78 is 7.45. The van der Waals surface area contributed by atoms with Crippen molar-refractivity contribution >= 4 is 0 Å². The Morgan fingerprint density at radius 3 is 2.79 bits per heavy atom. The maximum Gasteiger partial charge on any atom is 0.255 e. The van der Waals surface area contributed by atoms with E-state index in [0.717, 1.165) is 50.7 Å². The number of piperidine rings is 1. The highest BCUT2D eigenvalue weighted by Gasteiger charge is 2.39. The molecule has 2 bridgehead atoms. The summed E-state index contributed by atoms with van der Waals surface area (Å²) in [7, 11) is 2.05. The lowest BCUT2D eigenvalue weighted by Gasteiger charge is -2.47. The molecule has 0 unspecified atom stereocenters. The van der Waals surface area contributed by atoms with Crippen molar-refractivity contribution in [2.45, 2.75) is 38.0 Å². The molecule has 2 fully saturated rings. The Labute approximate surface area is 165 Å². The first-order valence-corrected chi connectivity index (χ1v) is 10.3. The monoisotopic (exact) mass is 380 g/mol. The van der Waals surface area contributed by atoms with Crippen LogP contribution in [0.1, 0.15) is 29.3 Å². The molecule has 0 amide bonds. The molecule has 3 aliphatic heterocycles. The van der Waals surface area contributed by atoms with Gasteiger partial charge in [-0.25, -0.2) is 0 Å². The minimum atomic E-state index is 0.195. The normalized spacial score (nSPS) is 24.8. The molecule has 5 rings (SSSR count). The van der Waals surface area contributed by atoms with Crippen molar-refractivity contribution in [2.24, 2.45) is 5.92 Å². The molecule has 2 atom stereocenters. The van der Waals surface area contributed by atoms with Gasteiger partial charge in [-0.3, -0.25) is 19.6 Å². The van der Waals surface area contributed by atoms with Gasteiger partial charge in [0.05, 0.1) is 24.9 Å². The summed E-state index contributed by atoms with van der Waals surface area (Å²) in [6.45, 7) is 6.14. The van der Waals surface area contributed by atoms with Crippen LogP contribution in [-0.4, -0.2) is 58.7 Å². The van der Waals surface area contributed by atoms with E-state index in [1.807, 2.05) is 31.4 Å². The second-order valence-electron chi connectivity index (χ2n) is 8.64. The van der Waals surface area contributed by atoms with Crippen LogP contribution in [0.4, 0.5) is 0 Å². The number of hydrogen-bond acceptors (Lipinski definition) is 5. The lowest BCUT2D eigenvalue weighted by molar-refractivity contribution is -0.0827. The quantitative estimate of drug-likeness (QED) is 0.790. The van der Waals surface area contributed by atoms with Crippen LogP contribution < -0.4 is 5.56 Å². The molecule has 0 saturated carbocycles. The SMILES string of the molecule is CN(Cc1ccccn1)Cc1ccc2n(c1=O)C[C@H]1C[C@@H]2CN(C2COC2)C1. The first-order chi connectivity index (χ1) is 13.7. The van der Waals surface area contributed by atoms with Gasteiger partial charge in [-0.2, -0.15) is 0 Å². The average Bonchev–Trinajstić information content (AvgIpc) is 2.64. The van der Waals surface area contributed by atoms with Crippen LogP contribution in [0, 0.1) is 5.92 Å². The molecule has 2 saturated heterocycles. The Bertz CT molecular complexity index is 893. The van der Waals surface area contributed by atoms with Crippen molar-refractivity contribution in [1.82, 2.24) is 19.4 Å². The molecule has 2 aromatic heterocycles. The zero-order valence-electron chi connectivity index (χ0n) is 16.5. The molecule has 0 N–H and O–H groups in total.